The molecule has 1 heterocycles. The molecule has 1 aromatic carbocycles. The second-order valence-corrected chi connectivity index (χ2v) is 2.30. The van der Waals surface area contributed by atoms with Crippen molar-refractivity contribution in [3.63, 3.8) is 0 Å². The molecule has 0 saturated heterocycles. The molecule has 2 rings (SSSR count). The first kappa shape index (κ1) is 12.0. The summed E-state index contributed by atoms with van der Waals surface area (Å²) in [6.07, 6.45) is 3.57. The second kappa shape index (κ2) is 5.62. The van der Waals surface area contributed by atoms with Gasteiger partial charge in [0.25, 0.3) is 0 Å². The van der Waals surface area contributed by atoms with Crippen LogP contribution in [0.15, 0.2) is 42.7 Å². The molecule has 0 radical (unpaired) electrons. The zero-order valence-corrected chi connectivity index (χ0v) is 8.44. The fourth-order valence-corrected chi connectivity index (χ4v) is 1.02. The Kier molecular flexibility index (Phi) is 5.19. The van der Waals surface area contributed by atoms with Crippen LogP contribution in [0.5, 0.6) is 0 Å². The van der Waals surface area contributed by atoms with E-state index in [1.54, 1.807) is 6.20 Å². The Balaban J connectivity index is 0.000000720. The minimum Gasteiger partial charge on any atom is -0.345 e. The smallest absolute Gasteiger partial charge is 0.137 e. The molecule has 0 saturated carbocycles. The van der Waals surface area contributed by atoms with E-state index in [1.165, 1.54) is 0 Å². The number of hydrogen-bond acceptors (Lipinski definition) is 1. The molecule has 1 N–H and O–H groups in total. The van der Waals surface area contributed by atoms with Crippen molar-refractivity contribution in [2.45, 2.75) is 0 Å². The number of benzene rings is 1. The van der Waals surface area contributed by atoms with Crippen molar-refractivity contribution in [2.24, 2.45) is 0 Å². The topological polar surface area (TPSA) is 28.7 Å². The number of hydrogen-bond donors (Lipinski definition) is 1. The standard InChI is InChI=1S/C9H8N2.2ClH/c1-2-4-8(5-3-1)9-10-6-7-11-9;;/h1-7H,(H,10,11);2*1H. The fourth-order valence-electron chi connectivity index (χ4n) is 1.02. The second-order valence-electron chi connectivity index (χ2n) is 2.30. The van der Waals surface area contributed by atoms with Gasteiger partial charge in [-0.05, 0) is 0 Å². The van der Waals surface area contributed by atoms with Crippen LogP contribution in [0.4, 0.5) is 0 Å². The molecule has 70 valence electrons. The first-order valence-corrected chi connectivity index (χ1v) is 3.51. The van der Waals surface area contributed by atoms with Crippen molar-refractivity contribution < 1.29 is 0 Å². The van der Waals surface area contributed by atoms with Crippen molar-refractivity contribution >= 4 is 24.8 Å². The van der Waals surface area contributed by atoms with Gasteiger partial charge in [0.2, 0.25) is 0 Å². The Hall–Kier alpha value is -0.990. The van der Waals surface area contributed by atoms with E-state index in [0.717, 1.165) is 11.4 Å². The van der Waals surface area contributed by atoms with E-state index < -0.39 is 0 Å². The average molecular weight is 217 g/mol. The Morgan fingerprint density at radius 3 is 2.23 bits per heavy atom. The number of H-pyrrole nitrogens is 1. The van der Waals surface area contributed by atoms with Crippen LogP contribution >= 0.6 is 24.8 Å². The Morgan fingerprint density at radius 1 is 1.00 bits per heavy atom. The van der Waals surface area contributed by atoms with Crippen molar-refractivity contribution in [3.05, 3.63) is 42.7 Å². The third kappa shape index (κ3) is 2.76. The first-order chi connectivity index (χ1) is 5.47. The van der Waals surface area contributed by atoms with E-state index >= 15 is 0 Å². The lowest BCUT2D eigenvalue weighted by Gasteiger charge is -1.92. The van der Waals surface area contributed by atoms with Gasteiger partial charge in [-0.15, -0.1) is 24.8 Å². The molecule has 2 aromatic rings. The third-order valence-electron chi connectivity index (χ3n) is 1.55. The summed E-state index contributed by atoms with van der Waals surface area (Å²) in [6, 6.07) is 10.0. The molecule has 4 heteroatoms. The lowest BCUT2D eigenvalue weighted by molar-refractivity contribution is 1.31. The number of nitrogens with one attached hydrogen (secondary N) is 1. The number of aromatic amines is 1. The van der Waals surface area contributed by atoms with Gasteiger partial charge >= 0.3 is 0 Å². The van der Waals surface area contributed by atoms with Gasteiger partial charge in [-0.1, -0.05) is 30.3 Å². The van der Waals surface area contributed by atoms with Crippen LogP contribution in [0.2, 0.25) is 0 Å². The van der Waals surface area contributed by atoms with Crippen LogP contribution < -0.4 is 0 Å². The summed E-state index contributed by atoms with van der Waals surface area (Å²) in [5, 5.41) is 0. The Bertz CT molecular complexity index is 319. The highest BCUT2D eigenvalue weighted by molar-refractivity contribution is 5.85. The maximum atomic E-state index is 4.13. The number of imidazole rings is 1. The van der Waals surface area contributed by atoms with Crippen LogP contribution in [0.25, 0.3) is 11.4 Å². The molecule has 0 fully saturated rings. The summed E-state index contributed by atoms with van der Waals surface area (Å²) in [5.41, 5.74) is 1.12. The predicted octanol–water partition coefficient (Wildman–Crippen LogP) is 2.92. The monoisotopic (exact) mass is 216 g/mol. The summed E-state index contributed by atoms with van der Waals surface area (Å²) >= 11 is 0. The molecule has 0 amide bonds. The zero-order valence-electron chi connectivity index (χ0n) is 6.81. The highest BCUT2D eigenvalue weighted by Gasteiger charge is 1.94. The summed E-state index contributed by atoms with van der Waals surface area (Å²) in [6.45, 7) is 0. The van der Waals surface area contributed by atoms with Crippen LogP contribution in [-0.2, 0) is 0 Å². The molecule has 0 bridgehead atoms. The molecule has 0 spiro atoms. The van der Waals surface area contributed by atoms with Gasteiger partial charge in [0.15, 0.2) is 0 Å². The van der Waals surface area contributed by atoms with Crippen molar-refractivity contribution in [1.29, 1.82) is 0 Å². The van der Waals surface area contributed by atoms with Crippen LogP contribution in [0.3, 0.4) is 0 Å². The lowest BCUT2D eigenvalue weighted by Crippen LogP contribution is -1.77. The van der Waals surface area contributed by atoms with E-state index in [-0.39, 0.29) is 24.8 Å². The van der Waals surface area contributed by atoms with E-state index in [4.69, 9.17) is 0 Å². The molecule has 2 nitrogen and oxygen atoms in total. The maximum absolute atomic E-state index is 4.13. The molecule has 0 aliphatic heterocycles. The zero-order chi connectivity index (χ0) is 7.52. The SMILES string of the molecule is Cl.Cl.c1ccc(-c2ncc[nH]2)cc1. The van der Waals surface area contributed by atoms with E-state index in [9.17, 15) is 0 Å². The minimum absolute atomic E-state index is 0. The number of halogens is 2. The van der Waals surface area contributed by atoms with Crippen LogP contribution in [-0.4, -0.2) is 9.97 Å². The molecular formula is C9H10Cl2N2. The van der Waals surface area contributed by atoms with E-state index in [1.807, 2.05) is 36.5 Å². The normalized spacial score (nSPS) is 8.31. The summed E-state index contributed by atoms with van der Waals surface area (Å²) < 4.78 is 0. The quantitative estimate of drug-likeness (QED) is 0.781. The molecule has 0 atom stereocenters. The Morgan fingerprint density at radius 2 is 1.69 bits per heavy atom. The lowest BCUT2D eigenvalue weighted by atomic mass is 10.2. The highest BCUT2D eigenvalue weighted by Crippen LogP contribution is 2.11. The van der Waals surface area contributed by atoms with Crippen molar-refractivity contribution in [2.75, 3.05) is 0 Å². The predicted molar refractivity (Wildman–Crippen MR) is 58.5 cm³/mol. The number of aromatic nitrogens is 2. The Labute approximate surface area is 89.2 Å². The summed E-state index contributed by atoms with van der Waals surface area (Å²) in [7, 11) is 0. The first-order valence-electron chi connectivity index (χ1n) is 3.51. The summed E-state index contributed by atoms with van der Waals surface area (Å²) in [5.74, 6) is 0.922. The van der Waals surface area contributed by atoms with Gasteiger partial charge in [-0.2, -0.15) is 0 Å². The van der Waals surface area contributed by atoms with Crippen molar-refractivity contribution in [1.82, 2.24) is 9.97 Å². The fraction of sp³-hybridized carbons (Fsp3) is 0. The van der Waals surface area contributed by atoms with Gasteiger partial charge in [-0.25, -0.2) is 4.98 Å². The molecule has 13 heavy (non-hydrogen) atoms. The maximum Gasteiger partial charge on any atom is 0.137 e. The van der Waals surface area contributed by atoms with Crippen molar-refractivity contribution in [3.8, 4) is 11.4 Å². The number of nitrogens with zero attached hydrogens (tertiary/aromatic N) is 1. The molecule has 1 aromatic heterocycles. The average Bonchev–Trinajstić information content (AvgIpc) is 2.58. The van der Waals surface area contributed by atoms with Crippen LogP contribution in [0.1, 0.15) is 0 Å². The van der Waals surface area contributed by atoms with Gasteiger partial charge < -0.3 is 4.98 Å². The molecule has 0 aliphatic rings. The van der Waals surface area contributed by atoms with E-state index in [2.05, 4.69) is 9.97 Å². The molecular weight excluding hydrogens is 207 g/mol. The third-order valence-corrected chi connectivity index (χ3v) is 1.55. The number of rotatable bonds is 1. The van der Waals surface area contributed by atoms with Gasteiger partial charge in [0.05, 0.1) is 0 Å². The highest BCUT2D eigenvalue weighted by atomic mass is 35.5. The van der Waals surface area contributed by atoms with Gasteiger partial charge in [0.1, 0.15) is 5.82 Å². The van der Waals surface area contributed by atoms with E-state index in [0.29, 0.717) is 0 Å². The summed E-state index contributed by atoms with van der Waals surface area (Å²) in [4.78, 5) is 7.17. The molecule has 0 aliphatic carbocycles. The largest absolute Gasteiger partial charge is 0.345 e. The van der Waals surface area contributed by atoms with Gasteiger partial charge in [-0.3, -0.25) is 0 Å². The minimum atomic E-state index is 0. The van der Waals surface area contributed by atoms with Gasteiger partial charge in [0, 0.05) is 18.0 Å². The molecule has 0 unspecified atom stereocenters. The van der Waals surface area contributed by atoms with Crippen LogP contribution in [0, 0.1) is 0 Å².